The van der Waals surface area contributed by atoms with E-state index in [1.165, 1.54) is 4.90 Å². The number of Topliss-reactive ketones (excluding diaryl/α,β-unsaturated/α-hetero) is 1. The van der Waals surface area contributed by atoms with E-state index >= 15 is 0 Å². The molecule has 5 rings (SSSR count). The number of methoxy groups -OCH3 is 1. The van der Waals surface area contributed by atoms with Gasteiger partial charge < -0.3 is 24.2 Å². The number of carbonyl (C=O) groups is 2. The van der Waals surface area contributed by atoms with Crippen molar-refractivity contribution in [1.29, 1.82) is 0 Å². The molecule has 7 nitrogen and oxygen atoms in total. The Hall–Kier alpha value is -3.32. The van der Waals surface area contributed by atoms with Crippen LogP contribution >= 0.6 is 0 Å². The van der Waals surface area contributed by atoms with Crippen LogP contribution in [0.5, 0.6) is 11.5 Å². The van der Waals surface area contributed by atoms with E-state index in [-0.39, 0.29) is 17.4 Å². The van der Waals surface area contributed by atoms with Crippen molar-refractivity contribution >= 4 is 17.4 Å². The standard InChI is InChI=1S/C25H25NO6/c1-30-18-7-4-15(5-8-18)22-21(23(27)17-6-9-20-16(13-17)10-12-32-20)24(28)25(29)26(22)14-19-3-2-11-31-19/h4-9,13,19,22,27H,2-3,10-12,14H2,1H3/b23-21-. The Bertz CT molecular complexity index is 1080. The maximum atomic E-state index is 13.1. The Labute approximate surface area is 186 Å². The third-order valence-electron chi connectivity index (χ3n) is 6.36. The summed E-state index contributed by atoms with van der Waals surface area (Å²) in [6, 6.07) is 11.9. The average Bonchev–Trinajstić information content (AvgIpc) is 3.55. The number of likely N-dealkylation sites (tertiary alicyclic amines) is 1. The molecule has 1 N–H and O–H groups in total. The number of ketones is 1. The molecule has 0 spiro atoms. The first-order valence-electron chi connectivity index (χ1n) is 10.9. The minimum absolute atomic E-state index is 0.0945. The van der Waals surface area contributed by atoms with Crippen molar-refractivity contribution in [3.05, 3.63) is 64.7 Å². The number of aliphatic hydroxyl groups excluding tert-OH is 1. The van der Waals surface area contributed by atoms with E-state index in [4.69, 9.17) is 14.2 Å². The lowest BCUT2D eigenvalue weighted by atomic mass is 9.94. The maximum Gasteiger partial charge on any atom is 0.295 e. The summed E-state index contributed by atoms with van der Waals surface area (Å²) in [7, 11) is 1.58. The number of aliphatic hydroxyl groups is 1. The third kappa shape index (κ3) is 3.52. The van der Waals surface area contributed by atoms with E-state index in [1.807, 2.05) is 18.2 Å². The number of ether oxygens (including phenoxy) is 3. The van der Waals surface area contributed by atoms with Gasteiger partial charge >= 0.3 is 0 Å². The molecule has 0 bridgehead atoms. The van der Waals surface area contributed by atoms with Crippen LogP contribution in [0.25, 0.3) is 5.76 Å². The van der Waals surface area contributed by atoms with Crippen molar-refractivity contribution in [3.63, 3.8) is 0 Å². The Kier molecular flexibility index (Phi) is 5.35. The van der Waals surface area contributed by atoms with Crippen LogP contribution in [0.2, 0.25) is 0 Å². The first-order valence-corrected chi connectivity index (χ1v) is 10.9. The van der Waals surface area contributed by atoms with Gasteiger partial charge in [0.2, 0.25) is 0 Å². The average molecular weight is 435 g/mol. The van der Waals surface area contributed by atoms with Gasteiger partial charge in [-0.1, -0.05) is 12.1 Å². The minimum Gasteiger partial charge on any atom is -0.507 e. The minimum atomic E-state index is -0.699. The molecule has 32 heavy (non-hydrogen) atoms. The molecular weight excluding hydrogens is 410 g/mol. The smallest absolute Gasteiger partial charge is 0.295 e. The zero-order valence-corrected chi connectivity index (χ0v) is 17.9. The molecule has 0 radical (unpaired) electrons. The highest BCUT2D eigenvalue weighted by Crippen LogP contribution is 2.41. The maximum absolute atomic E-state index is 13.1. The molecule has 0 aromatic heterocycles. The normalized spacial score (nSPS) is 24.0. The molecule has 2 unspecified atom stereocenters. The number of nitrogens with zero attached hydrogens (tertiary/aromatic N) is 1. The highest BCUT2D eigenvalue weighted by atomic mass is 16.5. The van der Waals surface area contributed by atoms with Crippen molar-refractivity contribution < 1.29 is 28.9 Å². The fraction of sp³-hybridized carbons (Fsp3) is 0.360. The van der Waals surface area contributed by atoms with Gasteiger partial charge in [-0.3, -0.25) is 9.59 Å². The van der Waals surface area contributed by atoms with Crippen molar-refractivity contribution in [2.45, 2.75) is 31.4 Å². The molecule has 3 heterocycles. The second-order valence-corrected chi connectivity index (χ2v) is 8.28. The molecule has 7 heteroatoms. The van der Waals surface area contributed by atoms with Crippen molar-refractivity contribution in [2.24, 2.45) is 0 Å². The van der Waals surface area contributed by atoms with Crippen LogP contribution in [-0.2, 0) is 20.7 Å². The predicted octanol–water partition coefficient (Wildman–Crippen LogP) is 3.23. The predicted molar refractivity (Wildman–Crippen MR) is 117 cm³/mol. The molecule has 166 valence electrons. The highest BCUT2D eigenvalue weighted by Gasteiger charge is 2.47. The van der Waals surface area contributed by atoms with Crippen molar-refractivity contribution in [2.75, 3.05) is 26.9 Å². The van der Waals surface area contributed by atoms with Crippen LogP contribution in [0.15, 0.2) is 48.0 Å². The number of hydrogen-bond donors (Lipinski definition) is 1. The van der Waals surface area contributed by atoms with E-state index < -0.39 is 17.7 Å². The van der Waals surface area contributed by atoms with Gasteiger partial charge in [0.15, 0.2) is 0 Å². The Morgan fingerprint density at radius 2 is 1.97 bits per heavy atom. The number of fused-ring (bicyclic) bond motifs is 1. The molecule has 2 aromatic rings. The molecule has 2 aromatic carbocycles. The van der Waals surface area contributed by atoms with Gasteiger partial charge in [0, 0.05) is 25.1 Å². The third-order valence-corrected chi connectivity index (χ3v) is 6.36. The molecule has 1 amide bonds. The van der Waals surface area contributed by atoms with Gasteiger partial charge in [-0.05, 0) is 54.3 Å². The lowest BCUT2D eigenvalue weighted by Crippen LogP contribution is -2.36. The highest BCUT2D eigenvalue weighted by molar-refractivity contribution is 6.46. The van der Waals surface area contributed by atoms with Crippen molar-refractivity contribution in [3.8, 4) is 11.5 Å². The van der Waals surface area contributed by atoms with Crippen LogP contribution in [0.4, 0.5) is 0 Å². The SMILES string of the molecule is COc1ccc(C2/C(=C(/O)c3ccc4c(c3)CCO4)C(=O)C(=O)N2CC2CCCO2)cc1. The summed E-state index contributed by atoms with van der Waals surface area (Å²) in [5, 5.41) is 11.2. The summed E-state index contributed by atoms with van der Waals surface area (Å²) in [6.45, 7) is 1.55. The molecule has 2 atom stereocenters. The van der Waals surface area contributed by atoms with Crippen LogP contribution in [0, 0.1) is 0 Å². The number of benzene rings is 2. The summed E-state index contributed by atoms with van der Waals surface area (Å²) in [5.74, 6) is -0.0188. The second kappa shape index (κ2) is 8.31. The van der Waals surface area contributed by atoms with E-state index in [0.717, 1.165) is 36.1 Å². The lowest BCUT2D eigenvalue weighted by Gasteiger charge is -2.27. The zero-order valence-electron chi connectivity index (χ0n) is 17.9. The van der Waals surface area contributed by atoms with Gasteiger partial charge in [0.05, 0.1) is 31.4 Å². The van der Waals surface area contributed by atoms with Gasteiger partial charge in [-0.25, -0.2) is 0 Å². The fourth-order valence-electron chi connectivity index (χ4n) is 4.70. The van der Waals surface area contributed by atoms with Gasteiger partial charge in [-0.15, -0.1) is 0 Å². The Balaban J connectivity index is 1.60. The van der Waals surface area contributed by atoms with Crippen LogP contribution in [0.3, 0.4) is 0 Å². The molecule has 0 aliphatic carbocycles. The monoisotopic (exact) mass is 435 g/mol. The number of hydrogen-bond acceptors (Lipinski definition) is 6. The summed E-state index contributed by atoms with van der Waals surface area (Å²) in [4.78, 5) is 27.7. The zero-order chi connectivity index (χ0) is 22.2. The summed E-state index contributed by atoms with van der Waals surface area (Å²) >= 11 is 0. The molecule has 3 aliphatic rings. The number of amides is 1. The lowest BCUT2D eigenvalue weighted by molar-refractivity contribution is -0.140. The molecule has 0 saturated carbocycles. The molecule has 2 saturated heterocycles. The fourth-order valence-corrected chi connectivity index (χ4v) is 4.70. The van der Waals surface area contributed by atoms with Gasteiger partial charge in [0.25, 0.3) is 11.7 Å². The summed E-state index contributed by atoms with van der Waals surface area (Å²) < 4.78 is 16.5. The van der Waals surface area contributed by atoms with Crippen LogP contribution in [0.1, 0.15) is 35.6 Å². The molecule has 2 fully saturated rings. The van der Waals surface area contributed by atoms with Gasteiger partial charge in [-0.2, -0.15) is 0 Å². The van der Waals surface area contributed by atoms with Gasteiger partial charge in [0.1, 0.15) is 17.3 Å². The van der Waals surface area contributed by atoms with Crippen LogP contribution < -0.4 is 9.47 Å². The topological polar surface area (TPSA) is 85.3 Å². The Morgan fingerprint density at radius 3 is 2.69 bits per heavy atom. The van der Waals surface area contributed by atoms with Crippen LogP contribution in [-0.4, -0.2) is 54.7 Å². The van der Waals surface area contributed by atoms with E-state index in [1.54, 1.807) is 31.4 Å². The summed E-state index contributed by atoms with van der Waals surface area (Å²) in [5.41, 5.74) is 2.30. The van der Waals surface area contributed by atoms with E-state index in [0.29, 0.717) is 31.1 Å². The first kappa shape index (κ1) is 20.6. The quantitative estimate of drug-likeness (QED) is 0.441. The van der Waals surface area contributed by atoms with E-state index in [2.05, 4.69) is 0 Å². The summed E-state index contributed by atoms with van der Waals surface area (Å²) in [6.07, 6.45) is 2.39. The molecule has 3 aliphatic heterocycles. The number of rotatable bonds is 5. The second-order valence-electron chi connectivity index (χ2n) is 8.28. The van der Waals surface area contributed by atoms with Crippen molar-refractivity contribution in [1.82, 2.24) is 4.90 Å². The first-order chi connectivity index (χ1) is 15.6. The Morgan fingerprint density at radius 1 is 1.16 bits per heavy atom. The number of carbonyl (C=O) groups excluding carboxylic acids is 2. The largest absolute Gasteiger partial charge is 0.507 e. The van der Waals surface area contributed by atoms with E-state index in [9.17, 15) is 14.7 Å². The molecular formula is C25H25NO6.